The van der Waals surface area contributed by atoms with Crippen molar-refractivity contribution >= 4 is 27.7 Å². The highest BCUT2D eigenvalue weighted by Crippen LogP contribution is 2.33. The van der Waals surface area contributed by atoms with Crippen LogP contribution in [0.5, 0.6) is 5.75 Å². The molecule has 3 aromatic rings. The second-order valence-corrected chi connectivity index (χ2v) is 9.78. The summed E-state index contributed by atoms with van der Waals surface area (Å²) in [5.41, 5.74) is 5.21. The van der Waals surface area contributed by atoms with Gasteiger partial charge in [-0.15, -0.1) is 0 Å². The van der Waals surface area contributed by atoms with Crippen LogP contribution in [0.2, 0.25) is 0 Å². The summed E-state index contributed by atoms with van der Waals surface area (Å²) in [5, 5.41) is 8.92. The molecule has 3 N–H and O–H groups in total. The van der Waals surface area contributed by atoms with Gasteiger partial charge >= 0.3 is 0 Å². The molecular weight excluding hydrogens is 560 g/mol. The average Bonchev–Trinajstić information content (AvgIpc) is 3.24. The monoisotopic (exact) mass is 587 g/mol. The highest BCUT2D eigenvalue weighted by Gasteiger charge is 2.50. The SMILES string of the molecule is C[C@@H]1OC(c2ccc(OCCCO)cc2)=N[C@]1(Cc1ccc(Br)cc1)C(=O)NNCc1c(F)cccc1F. The van der Waals surface area contributed by atoms with Crippen molar-refractivity contribution in [2.45, 2.75) is 38.0 Å². The Labute approximate surface area is 228 Å². The summed E-state index contributed by atoms with van der Waals surface area (Å²) in [4.78, 5) is 18.4. The number of hydrazine groups is 1. The van der Waals surface area contributed by atoms with Crippen LogP contribution in [0.3, 0.4) is 0 Å². The fourth-order valence-corrected chi connectivity index (χ4v) is 4.34. The van der Waals surface area contributed by atoms with Crippen molar-refractivity contribution in [3.05, 3.63) is 99.5 Å². The maximum Gasteiger partial charge on any atom is 0.266 e. The number of nitrogens with zero attached hydrogens (tertiary/aromatic N) is 1. The molecular formula is C28H28BrF2N3O4. The second kappa shape index (κ2) is 12.5. The van der Waals surface area contributed by atoms with Gasteiger partial charge in [-0.2, -0.15) is 0 Å². The van der Waals surface area contributed by atoms with Gasteiger partial charge in [0.1, 0.15) is 23.5 Å². The van der Waals surface area contributed by atoms with Crippen LogP contribution in [0.25, 0.3) is 0 Å². The van der Waals surface area contributed by atoms with Gasteiger partial charge in [0.2, 0.25) is 5.90 Å². The van der Waals surface area contributed by atoms with E-state index in [9.17, 15) is 13.6 Å². The lowest BCUT2D eigenvalue weighted by Crippen LogP contribution is -2.55. The van der Waals surface area contributed by atoms with E-state index in [0.29, 0.717) is 30.2 Å². The zero-order chi connectivity index (χ0) is 27.1. The highest BCUT2D eigenvalue weighted by molar-refractivity contribution is 9.10. The molecule has 7 nitrogen and oxygen atoms in total. The summed E-state index contributed by atoms with van der Waals surface area (Å²) in [5.74, 6) is -0.983. The summed E-state index contributed by atoms with van der Waals surface area (Å²) in [6.07, 6.45) is 0.114. The Kier molecular flexibility index (Phi) is 9.09. The lowest BCUT2D eigenvalue weighted by atomic mass is 9.86. The second-order valence-electron chi connectivity index (χ2n) is 8.86. The molecule has 1 heterocycles. The van der Waals surface area contributed by atoms with Crippen molar-refractivity contribution in [3.63, 3.8) is 0 Å². The molecule has 3 aromatic carbocycles. The van der Waals surface area contributed by atoms with Crippen LogP contribution in [-0.2, 0) is 22.5 Å². The molecule has 0 saturated heterocycles. The molecule has 1 aliphatic rings. The molecule has 38 heavy (non-hydrogen) atoms. The number of halogens is 3. The third-order valence-corrected chi connectivity index (χ3v) is 6.77. The van der Waals surface area contributed by atoms with Crippen LogP contribution >= 0.6 is 15.9 Å². The highest BCUT2D eigenvalue weighted by atomic mass is 79.9. The Bertz CT molecular complexity index is 1270. The van der Waals surface area contributed by atoms with Crippen LogP contribution in [0.1, 0.15) is 30.0 Å². The topological polar surface area (TPSA) is 92.2 Å². The van der Waals surface area contributed by atoms with Gasteiger partial charge in [-0.05, 0) is 61.0 Å². The van der Waals surface area contributed by atoms with Crippen molar-refractivity contribution in [1.29, 1.82) is 0 Å². The number of ether oxygens (including phenoxy) is 2. The predicted molar refractivity (Wildman–Crippen MR) is 143 cm³/mol. The van der Waals surface area contributed by atoms with E-state index in [1.807, 2.05) is 24.3 Å². The Balaban J connectivity index is 1.57. The molecule has 0 bridgehead atoms. The van der Waals surface area contributed by atoms with Crippen molar-refractivity contribution in [2.75, 3.05) is 13.2 Å². The third kappa shape index (κ3) is 6.38. The standard InChI is InChI=1S/C28H28BrF2N3O4/c1-18-28(16-19-6-10-21(29)11-7-19,27(36)34-32-17-23-24(30)4-2-5-25(23)31)33-26(38-18)20-8-12-22(13-9-20)37-15-3-14-35/h2,4-13,18,32,35H,3,14-17H2,1H3,(H,34,36)/t18-,28-/m0/s1. The molecule has 2 atom stereocenters. The van der Waals surface area contributed by atoms with Gasteiger partial charge < -0.3 is 14.6 Å². The molecule has 0 saturated carbocycles. The van der Waals surface area contributed by atoms with E-state index in [1.165, 1.54) is 6.07 Å². The minimum atomic E-state index is -1.35. The first kappa shape index (κ1) is 27.7. The molecule has 0 spiro atoms. The van der Waals surface area contributed by atoms with Crippen LogP contribution in [0.15, 0.2) is 76.2 Å². The van der Waals surface area contributed by atoms with Gasteiger partial charge in [0, 0.05) is 41.6 Å². The number of aliphatic hydroxyl groups excluding tert-OH is 1. The molecule has 0 aromatic heterocycles. The van der Waals surface area contributed by atoms with Gasteiger partial charge in [-0.3, -0.25) is 10.2 Å². The van der Waals surface area contributed by atoms with Crippen LogP contribution in [0, 0.1) is 11.6 Å². The summed E-state index contributed by atoms with van der Waals surface area (Å²) in [6, 6.07) is 18.2. The van der Waals surface area contributed by atoms with E-state index in [0.717, 1.165) is 22.2 Å². The van der Waals surface area contributed by atoms with Crippen LogP contribution in [-0.4, -0.2) is 41.8 Å². The lowest BCUT2D eigenvalue weighted by Gasteiger charge is -2.28. The minimum Gasteiger partial charge on any atom is -0.494 e. The first-order chi connectivity index (χ1) is 18.3. The smallest absolute Gasteiger partial charge is 0.266 e. The Morgan fingerprint density at radius 2 is 1.79 bits per heavy atom. The fraction of sp³-hybridized carbons (Fsp3) is 0.286. The Morgan fingerprint density at radius 1 is 1.11 bits per heavy atom. The van der Waals surface area contributed by atoms with E-state index >= 15 is 0 Å². The summed E-state index contributed by atoms with van der Waals surface area (Å²) in [6.45, 7) is 1.96. The third-order valence-electron chi connectivity index (χ3n) is 6.24. The lowest BCUT2D eigenvalue weighted by molar-refractivity contribution is -0.129. The summed E-state index contributed by atoms with van der Waals surface area (Å²) in [7, 11) is 0. The molecule has 1 aliphatic heterocycles. The maximum atomic E-state index is 14.0. The number of aliphatic hydroxyl groups is 1. The van der Waals surface area contributed by atoms with Crippen molar-refractivity contribution < 1.29 is 28.2 Å². The zero-order valence-electron chi connectivity index (χ0n) is 20.7. The molecule has 0 aliphatic carbocycles. The summed E-state index contributed by atoms with van der Waals surface area (Å²) < 4.78 is 40.6. The van der Waals surface area contributed by atoms with Crippen LogP contribution in [0.4, 0.5) is 8.78 Å². The van der Waals surface area contributed by atoms with Crippen molar-refractivity contribution in [2.24, 2.45) is 4.99 Å². The fourth-order valence-electron chi connectivity index (χ4n) is 4.08. The molecule has 200 valence electrons. The molecule has 0 fully saturated rings. The van der Waals surface area contributed by atoms with Gasteiger partial charge in [-0.25, -0.2) is 19.2 Å². The first-order valence-electron chi connectivity index (χ1n) is 12.1. The summed E-state index contributed by atoms with van der Waals surface area (Å²) >= 11 is 3.42. The average molecular weight is 588 g/mol. The predicted octanol–water partition coefficient (Wildman–Crippen LogP) is 4.46. The number of benzene rings is 3. The van der Waals surface area contributed by atoms with Crippen molar-refractivity contribution in [3.8, 4) is 5.75 Å². The number of nitrogens with one attached hydrogen (secondary N) is 2. The Hall–Kier alpha value is -3.34. The van der Waals surface area contributed by atoms with Crippen LogP contribution < -0.4 is 15.6 Å². The first-order valence-corrected chi connectivity index (χ1v) is 12.9. The van der Waals surface area contributed by atoms with E-state index < -0.39 is 29.2 Å². The van der Waals surface area contributed by atoms with Crippen molar-refractivity contribution in [1.82, 2.24) is 10.9 Å². The largest absolute Gasteiger partial charge is 0.494 e. The molecule has 4 rings (SSSR count). The molecule has 10 heteroatoms. The molecule has 0 radical (unpaired) electrons. The number of rotatable bonds is 11. The number of carbonyl (C=O) groups excluding carboxylic acids is 1. The number of amides is 1. The van der Waals surface area contributed by atoms with Gasteiger partial charge in [0.05, 0.1) is 6.61 Å². The normalized spacial score (nSPS) is 18.6. The quantitative estimate of drug-likeness (QED) is 0.228. The van der Waals surface area contributed by atoms with E-state index in [-0.39, 0.29) is 25.1 Å². The number of hydrogen-bond donors (Lipinski definition) is 3. The molecule has 1 amide bonds. The maximum absolute atomic E-state index is 14.0. The number of aliphatic imine (C=N–C) groups is 1. The van der Waals surface area contributed by atoms with E-state index in [4.69, 9.17) is 19.6 Å². The number of hydrogen-bond acceptors (Lipinski definition) is 6. The zero-order valence-corrected chi connectivity index (χ0v) is 22.3. The minimum absolute atomic E-state index is 0.0488. The Morgan fingerprint density at radius 3 is 2.45 bits per heavy atom. The molecule has 0 unspecified atom stereocenters. The van der Waals surface area contributed by atoms with Gasteiger partial charge in [-0.1, -0.05) is 34.1 Å². The number of carbonyl (C=O) groups is 1. The van der Waals surface area contributed by atoms with E-state index in [2.05, 4.69) is 26.8 Å². The van der Waals surface area contributed by atoms with Gasteiger partial charge in [0.25, 0.3) is 5.91 Å². The van der Waals surface area contributed by atoms with Gasteiger partial charge in [0.15, 0.2) is 5.54 Å². The van der Waals surface area contributed by atoms with E-state index in [1.54, 1.807) is 31.2 Å².